The molecule has 0 amide bonds. The van der Waals surface area contributed by atoms with Crippen LogP contribution in [0.1, 0.15) is 5.56 Å². The molecule has 0 atom stereocenters. The Morgan fingerprint density at radius 1 is 1.29 bits per heavy atom. The lowest BCUT2D eigenvalue weighted by Crippen LogP contribution is -2.16. The third-order valence-corrected chi connectivity index (χ3v) is 2.99. The average Bonchev–Trinajstić information content (AvgIpc) is 2.27. The van der Waals surface area contributed by atoms with Crippen LogP contribution in [0.25, 0.3) is 0 Å². The Hall–Kier alpha value is -0.870. The normalized spacial score (nSPS) is 14.1. The zero-order valence-electron chi connectivity index (χ0n) is 8.08. The molecular formula is C10H13NO2S. The molecule has 1 aromatic carbocycles. The van der Waals surface area contributed by atoms with Gasteiger partial charge in [0.1, 0.15) is 13.2 Å². The molecule has 2 rings (SSSR count). The summed E-state index contributed by atoms with van der Waals surface area (Å²) in [7, 11) is 0. The van der Waals surface area contributed by atoms with E-state index in [1.807, 2.05) is 18.4 Å². The van der Waals surface area contributed by atoms with Gasteiger partial charge in [-0.25, -0.2) is 0 Å². The number of fused-ring (bicyclic) bond motifs is 1. The maximum Gasteiger partial charge on any atom is 0.162 e. The van der Waals surface area contributed by atoms with E-state index in [1.165, 1.54) is 0 Å². The summed E-state index contributed by atoms with van der Waals surface area (Å²) in [5, 5.41) is 0. The van der Waals surface area contributed by atoms with E-state index in [0.717, 1.165) is 22.0 Å². The molecule has 1 heterocycles. The van der Waals surface area contributed by atoms with E-state index in [9.17, 15) is 0 Å². The lowest BCUT2D eigenvalue weighted by Gasteiger charge is -2.20. The highest BCUT2D eigenvalue weighted by molar-refractivity contribution is 7.98. The van der Waals surface area contributed by atoms with Crippen LogP contribution < -0.4 is 15.2 Å². The molecule has 4 heteroatoms. The smallest absolute Gasteiger partial charge is 0.162 e. The second kappa shape index (κ2) is 4.11. The first-order chi connectivity index (χ1) is 6.85. The molecule has 3 nitrogen and oxygen atoms in total. The zero-order valence-corrected chi connectivity index (χ0v) is 8.89. The standard InChI is InChI=1S/C10H13NO2S/c1-14-10-5-9-8(4-7(10)6-11)12-2-3-13-9/h4-5H,2-3,6,11H2,1H3. The summed E-state index contributed by atoms with van der Waals surface area (Å²) >= 11 is 1.68. The van der Waals surface area contributed by atoms with E-state index in [2.05, 4.69) is 0 Å². The van der Waals surface area contributed by atoms with Gasteiger partial charge < -0.3 is 15.2 Å². The number of hydrogen-bond acceptors (Lipinski definition) is 4. The summed E-state index contributed by atoms with van der Waals surface area (Å²) < 4.78 is 11.0. The topological polar surface area (TPSA) is 44.5 Å². The molecule has 0 saturated carbocycles. The van der Waals surface area contributed by atoms with Crippen LogP contribution in [0.4, 0.5) is 0 Å². The average molecular weight is 211 g/mol. The number of thioether (sulfide) groups is 1. The fourth-order valence-electron chi connectivity index (χ4n) is 1.46. The van der Waals surface area contributed by atoms with Crippen LogP contribution in [0.2, 0.25) is 0 Å². The monoisotopic (exact) mass is 211 g/mol. The van der Waals surface area contributed by atoms with Crippen LogP contribution in [-0.4, -0.2) is 19.5 Å². The van der Waals surface area contributed by atoms with Gasteiger partial charge >= 0.3 is 0 Å². The van der Waals surface area contributed by atoms with E-state index >= 15 is 0 Å². The van der Waals surface area contributed by atoms with Crippen molar-refractivity contribution in [2.75, 3.05) is 19.5 Å². The minimum atomic E-state index is 0.535. The highest BCUT2D eigenvalue weighted by Gasteiger charge is 2.14. The Morgan fingerprint density at radius 2 is 1.93 bits per heavy atom. The van der Waals surface area contributed by atoms with Gasteiger partial charge in [-0.3, -0.25) is 0 Å². The molecule has 0 aliphatic carbocycles. The molecule has 0 aromatic heterocycles. The fourth-order valence-corrected chi connectivity index (χ4v) is 2.09. The van der Waals surface area contributed by atoms with Gasteiger partial charge in [-0.15, -0.1) is 11.8 Å². The summed E-state index contributed by atoms with van der Waals surface area (Å²) in [4.78, 5) is 1.16. The van der Waals surface area contributed by atoms with Crippen molar-refractivity contribution < 1.29 is 9.47 Å². The van der Waals surface area contributed by atoms with Crippen molar-refractivity contribution in [2.45, 2.75) is 11.4 Å². The molecular weight excluding hydrogens is 198 g/mol. The van der Waals surface area contributed by atoms with Gasteiger partial charge in [-0.1, -0.05) is 0 Å². The van der Waals surface area contributed by atoms with Crippen LogP contribution in [-0.2, 0) is 6.54 Å². The molecule has 0 saturated heterocycles. The van der Waals surface area contributed by atoms with Crippen molar-refractivity contribution >= 4 is 11.8 Å². The minimum absolute atomic E-state index is 0.535. The summed E-state index contributed by atoms with van der Waals surface area (Å²) in [5.41, 5.74) is 6.76. The molecule has 0 radical (unpaired) electrons. The second-order valence-electron chi connectivity index (χ2n) is 3.01. The predicted octanol–water partition coefficient (Wildman–Crippen LogP) is 1.64. The van der Waals surface area contributed by atoms with Crippen LogP contribution in [0.3, 0.4) is 0 Å². The minimum Gasteiger partial charge on any atom is -0.486 e. The Bertz CT molecular complexity index is 297. The maximum atomic E-state index is 5.65. The number of benzene rings is 1. The van der Waals surface area contributed by atoms with E-state index in [4.69, 9.17) is 15.2 Å². The Morgan fingerprint density at radius 3 is 2.50 bits per heavy atom. The van der Waals surface area contributed by atoms with Gasteiger partial charge in [0.05, 0.1) is 0 Å². The van der Waals surface area contributed by atoms with Crippen molar-refractivity contribution in [3.05, 3.63) is 17.7 Å². The van der Waals surface area contributed by atoms with Crippen LogP contribution >= 0.6 is 11.8 Å². The third-order valence-electron chi connectivity index (χ3n) is 2.17. The van der Waals surface area contributed by atoms with Gasteiger partial charge in [0, 0.05) is 11.4 Å². The van der Waals surface area contributed by atoms with Gasteiger partial charge in [-0.2, -0.15) is 0 Å². The first-order valence-electron chi connectivity index (χ1n) is 4.51. The molecule has 1 aromatic rings. The molecule has 2 N–H and O–H groups in total. The predicted molar refractivity (Wildman–Crippen MR) is 57.1 cm³/mol. The molecule has 0 fully saturated rings. The number of ether oxygens (including phenoxy) is 2. The first-order valence-corrected chi connectivity index (χ1v) is 5.74. The van der Waals surface area contributed by atoms with E-state index in [0.29, 0.717) is 19.8 Å². The van der Waals surface area contributed by atoms with Crippen LogP contribution in [0.5, 0.6) is 11.5 Å². The highest BCUT2D eigenvalue weighted by atomic mass is 32.2. The SMILES string of the molecule is CSc1cc2c(cc1CN)OCCO2. The van der Waals surface area contributed by atoms with E-state index in [1.54, 1.807) is 11.8 Å². The highest BCUT2D eigenvalue weighted by Crippen LogP contribution is 2.36. The van der Waals surface area contributed by atoms with Crippen LogP contribution in [0.15, 0.2) is 17.0 Å². The Labute approximate surface area is 87.6 Å². The largest absolute Gasteiger partial charge is 0.486 e. The van der Waals surface area contributed by atoms with Gasteiger partial charge in [0.2, 0.25) is 0 Å². The molecule has 14 heavy (non-hydrogen) atoms. The van der Waals surface area contributed by atoms with Crippen LogP contribution in [0, 0.1) is 0 Å². The molecule has 76 valence electrons. The molecule has 0 spiro atoms. The van der Waals surface area contributed by atoms with E-state index in [-0.39, 0.29) is 0 Å². The van der Waals surface area contributed by atoms with Crippen molar-refractivity contribution in [3.63, 3.8) is 0 Å². The lowest BCUT2D eigenvalue weighted by molar-refractivity contribution is 0.171. The molecule has 1 aliphatic heterocycles. The van der Waals surface area contributed by atoms with Crippen molar-refractivity contribution in [1.29, 1.82) is 0 Å². The fraction of sp³-hybridized carbons (Fsp3) is 0.400. The Balaban J connectivity index is 2.43. The summed E-state index contributed by atoms with van der Waals surface area (Å²) in [6, 6.07) is 3.97. The third kappa shape index (κ3) is 1.67. The number of hydrogen-bond donors (Lipinski definition) is 1. The molecule has 1 aliphatic rings. The summed E-state index contributed by atoms with van der Waals surface area (Å²) in [5.74, 6) is 1.65. The van der Waals surface area contributed by atoms with E-state index < -0.39 is 0 Å². The van der Waals surface area contributed by atoms with Gasteiger partial charge in [0.15, 0.2) is 11.5 Å². The summed E-state index contributed by atoms with van der Waals surface area (Å²) in [6.45, 7) is 1.78. The molecule has 0 unspecified atom stereocenters. The van der Waals surface area contributed by atoms with Gasteiger partial charge in [0.25, 0.3) is 0 Å². The lowest BCUT2D eigenvalue weighted by atomic mass is 10.2. The van der Waals surface area contributed by atoms with Crippen molar-refractivity contribution in [1.82, 2.24) is 0 Å². The first kappa shape index (κ1) is 9.68. The summed E-state index contributed by atoms with van der Waals surface area (Å²) in [6.07, 6.45) is 2.03. The van der Waals surface area contributed by atoms with Gasteiger partial charge in [-0.05, 0) is 24.0 Å². The Kier molecular flexibility index (Phi) is 2.84. The molecule has 0 bridgehead atoms. The second-order valence-corrected chi connectivity index (χ2v) is 3.86. The van der Waals surface area contributed by atoms with Crippen molar-refractivity contribution in [3.8, 4) is 11.5 Å². The number of nitrogens with two attached hydrogens (primary N) is 1. The van der Waals surface area contributed by atoms with Crippen molar-refractivity contribution in [2.24, 2.45) is 5.73 Å². The quantitative estimate of drug-likeness (QED) is 0.755. The zero-order chi connectivity index (χ0) is 9.97. The number of rotatable bonds is 2. The maximum absolute atomic E-state index is 5.65.